The van der Waals surface area contributed by atoms with Gasteiger partial charge in [0.15, 0.2) is 0 Å². The lowest BCUT2D eigenvalue weighted by atomic mass is 9.93. The van der Waals surface area contributed by atoms with Crippen LogP contribution in [0.2, 0.25) is 0 Å². The zero-order valence-electron chi connectivity index (χ0n) is 13.7. The zero-order valence-corrected chi connectivity index (χ0v) is 13.7. The van der Waals surface area contributed by atoms with Gasteiger partial charge in [0.2, 0.25) is 0 Å². The Balaban J connectivity index is 2.87. The van der Waals surface area contributed by atoms with Gasteiger partial charge in [-0.15, -0.1) is 0 Å². The summed E-state index contributed by atoms with van der Waals surface area (Å²) in [5.41, 5.74) is 2.40. The van der Waals surface area contributed by atoms with Crippen molar-refractivity contribution >= 4 is 0 Å². The molecule has 0 saturated carbocycles. The third-order valence-corrected chi connectivity index (χ3v) is 3.69. The molecule has 0 heterocycles. The van der Waals surface area contributed by atoms with Crippen LogP contribution in [0.1, 0.15) is 38.3 Å². The minimum Gasteiger partial charge on any atom is -0.496 e. The maximum Gasteiger partial charge on any atom is 0.122 e. The van der Waals surface area contributed by atoms with Gasteiger partial charge in [0.1, 0.15) is 5.75 Å². The van der Waals surface area contributed by atoms with Gasteiger partial charge in [-0.3, -0.25) is 0 Å². The molecule has 1 aromatic rings. The predicted molar refractivity (Wildman–Crippen MR) is 84.6 cm³/mol. The van der Waals surface area contributed by atoms with Crippen molar-refractivity contribution in [3.63, 3.8) is 0 Å². The van der Waals surface area contributed by atoms with Gasteiger partial charge in [0.05, 0.1) is 12.7 Å². The van der Waals surface area contributed by atoms with Crippen LogP contribution in [0.3, 0.4) is 0 Å². The molecule has 20 heavy (non-hydrogen) atoms. The summed E-state index contributed by atoms with van der Waals surface area (Å²) < 4.78 is 11.0. The maximum atomic E-state index is 5.56. The van der Waals surface area contributed by atoms with E-state index in [0.717, 1.165) is 25.1 Å². The largest absolute Gasteiger partial charge is 0.496 e. The van der Waals surface area contributed by atoms with E-state index in [0.29, 0.717) is 6.04 Å². The van der Waals surface area contributed by atoms with E-state index in [2.05, 4.69) is 51.2 Å². The normalized spacial score (nSPS) is 13.3. The molecule has 0 aliphatic carbocycles. The number of nitrogens with one attached hydrogen (secondary N) is 1. The third-order valence-electron chi connectivity index (χ3n) is 3.69. The van der Waals surface area contributed by atoms with E-state index in [-0.39, 0.29) is 5.60 Å². The van der Waals surface area contributed by atoms with Crippen molar-refractivity contribution in [2.75, 3.05) is 20.8 Å². The first kappa shape index (κ1) is 17.0. The van der Waals surface area contributed by atoms with Crippen LogP contribution in [0.4, 0.5) is 0 Å². The summed E-state index contributed by atoms with van der Waals surface area (Å²) in [7, 11) is 3.51. The maximum absolute atomic E-state index is 5.56. The Hall–Kier alpha value is -1.06. The van der Waals surface area contributed by atoms with E-state index < -0.39 is 0 Å². The predicted octanol–water partition coefficient (Wildman–Crippen LogP) is 3.34. The van der Waals surface area contributed by atoms with Crippen LogP contribution in [0.15, 0.2) is 18.2 Å². The van der Waals surface area contributed by atoms with E-state index in [4.69, 9.17) is 9.47 Å². The number of hydrogen-bond donors (Lipinski definition) is 1. The molecule has 1 rings (SSSR count). The second kappa shape index (κ2) is 7.65. The van der Waals surface area contributed by atoms with Crippen LogP contribution in [0.25, 0.3) is 0 Å². The standard InChI is InChI=1S/C17H29NO2/c1-7-18-15(12-17(3,4)20-6)11-14-10-13(2)8-9-16(14)19-5/h8-10,15,18H,7,11-12H2,1-6H3. The summed E-state index contributed by atoms with van der Waals surface area (Å²) in [6, 6.07) is 6.73. The minimum atomic E-state index is -0.121. The number of methoxy groups -OCH3 is 2. The molecule has 0 fully saturated rings. The highest BCUT2D eigenvalue weighted by atomic mass is 16.5. The first-order chi connectivity index (χ1) is 9.41. The summed E-state index contributed by atoms with van der Waals surface area (Å²) in [5, 5.41) is 3.56. The van der Waals surface area contributed by atoms with E-state index in [1.165, 1.54) is 11.1 Å². The quantitative estimate of drug-likeness (QED) is 0.791. The average Bonchev–Trinajstić information content (AvgIpc) is 2.39. The molecule has 0 aromatic heterocycles. The highest BCUT2D eigenvalue weighted by Gasteiger charge is 2.23. The molecule has 0 aliphatic rings. The summed E-state index contributed by atoms with van der Waals surface area (Å²) in [4.78, 5) is 0. The van der Waals surface area contributed by atoms with E-state index in [1.54, 1.807) is 14.2 Å². The van der Waals surface area contributed by atoms with Crippen molar-refractivity contribution in [2.24, 2.45) is 0 Å². The molecule has 3 nitrogen and oxygen atoms in total. The molecular weight excluding hydrogens is 250 g/mol. The Kier molecular flexibility index (Phi) is 6.50. The van der Waals surface area contributed by atoms with Gasteiger partial charge >= 0.3 is 0 Å². The molecule has 1 unspecified atom stereocenters. The van der Waals surface area contributed by atoms with Gasteiger partial charge in [-0.1, -0.05) is 24.6 Å². The second-order valence-electron chi connectivity index (χ2n) is 5.94. The van der Waals surface area contributed by atoms with E-state index >= 15 is 0 Å². The molecule has 0 bridgehead atoms. The van der Waals surface area contributed by atoms with Gasteiger partial charge in [-0.2, -0.15) is 0 Å². The van der Waals surface area contributed by atoms with Gasteiger partial charge in [0.25, 0.3) is 0 Å². The number of aryl methyl sites for hydroxylation is 1. The van der Waals surface area contributed by atoms with Crippen LogP contribution < -0.4 is 10.1 Å². The lowest BCUT2D eigenvalue weighted by Gasteiger charge is -2.29. The number of hydrogen-bond acceptors (Lipinski definition) is 3. The molecule has 0 saturated heterocycles. The van der Waals surface area contributed by atoms with Crippen LogP contribution in [-0.2, 0) is 11.2 Å². The third kappa shape index (κ3) is 5.14. The van der Waals surface area contributed by atoms with Crippen LogP contribution >= 0.6 is 0 Å². The Morgan fingerprint density at radius 2 is 1.95 bits per heavy atom. The van der Waals surface area contributed by atoms with Crippen molar-refractivity contribution in [1.82, 2.24) is 5.32 Å². The van der Waals surface area contributed by atoms with Crippen molar-refractivity contribution in [3.05, 3.63) is 29.3 Å². The van der Waals surface area contributed by atoms with Gasteiger partial charge < -0.3 is 14.8 Å². The molecule has 0 aliphatic heterocycles. The number of rotatable bonds is 8. The smallest absolute Gasteiger partial charge is 0.122 e. The zero-order chi connectivity index (χ0) is 15.2. The molecule has 0 radical (unpaired) electrons. The van der Waals surface area contributed by atoms with Crippen LogP contribution in [0, 0.1) is 6.92 Å². The van der Waals surface area contributed by atoms with Crippen molar-refractivity contribution in [1.29, 1.82) is 0 Å². The topological polar surface area (TPSA) is 30.5 Å². The molecule has 0 spiro atoms. The fourth-order valence-electron chi connectivity index (χ4n) is 2.51. The van der Waals surface area contributed by atoms with Crippen molar-refractivity contribution in [3.8, 4) is 5.75 Å². The minimum absolute atomic E-state index is 0.121. The number of likely N-dealkylation sites (N-methyl/N-ethyl adjacent to an activating group) is 1. The summed E-state index contributed by atoms with van der Waals surface area (Å²) in [5.74, 6) is 0.966. The van der Waals surface area contributed by atoms with Crippen LogP contribution in [0.5, 0.6) is 5.75 Å². The fourth-order valence-corrected chi connectivity index (χ4v) is 2.51. The average molecular weight is 279 g/mol. The van der Waals surface area contributed by atoms with Gasteiger partial charge in [-0.25, -0.2) is 0 Å². The fraction of sp³-hybridized carbons (Fsp3) is 0.647. The molecule has 0 amide bonds. The monoisotopic (exact) mass is 279 g/mol. The highest BCUT2D eigenvalue weighted by Crippen LogP contribution is 2.24. The summed E-state index contributed by atoms with van der Waals surface area (Å²) in [6.07, 6.45) is 1.92. The Morgan fingerprint density at radius 1 is 1.25 bits per heavy atom. The SMILES string of the molecule is CCNC(Cc1cc(C)ccc1OC)CC(C)(C)OC. The van der Waals surface area contributed by atoms with E-state index in [1.807, 2.05) is 0 Å². The molecule has 3 heteroatoms. The first-order valence-electron chi connectivity index (χ1n) is 7.34. The van der Waals surface area contributed by atoms with Crippen molar-refractivity contribution < 1.29 is 9.47 Å². The Bertz CT molecular complexity index is 415. The lowest BCUT2D eigenvalue weighted by molar-refractivity contribution is 0.00722. The highest BCUT2D eigenvalue weighted by molar-refractivity contribution is 5.37. The molecule has 1 aromatic carbocycles. The molecule has 1 N–H and O–H groups in total. The van der Waals surface area contributed by atoms with E-state index in [9.17, 15) is 0 Å². The molecule has 114 valence electrons. The Labute approximate surface area is 123 Å². The van der Waals surface area contributed by atoms with Crippen molar-refractivity contribution in [2.45, 2.75) is 52.2 Å². The number of benzene rings is 1. The lowest BCUT2D eigenvalue weighted by Crippen LogP contribution is -2.39. The summed E-state index contributed by atoms with van der Waals surface area (Å²) in [6.45, 7) is 9.47. The molecular formula is C17H29NO2. The second-order valence-corrected chi connectivity index (χ2v) is 5.94. The van der Waals surface area contributed by atoms with Gasteiger partial charge in [0, 0.05) is 13.2 Å². The Morgan fingerprint density at radius 3 is 2.50 bits per heavy atom. The van der Waals surface area contributed by atoms with Gasteiger partial charge in [-0.05, 0) is 51.8 Å². The van der Waals surface area contributed by atoms with Crippen LogP contribution in [-0.4, -0.2) is 32.4 Å². The molecule has 1 atom stereocenters. The number of ether oxygens (including phenoxy) is 2. The summed E-state index contributed by atoms with van der Waals surface area (Å²) >= 11 is 0. The first-order valence-corrected chi connectivity index (χ1v) is 7.34.